The van der Waals surface area contributed by atoms with Gasteiger partial charge in [-0.2, -0.15) is 4.39 Å². The quantitative estimate of drug-likeness (QED) is 0.663. The number of ether oxygens (including phenoxy) is 1. The van der Waals surface area contributed by atoms with Gasteiger partial charge >= 0.3 is 5.69 Å². The number of likely N-dealkylation sites (N-methyl/N-ethyl adjacent to an activating group) is 1. The average molecular weight is 311 g/mol. The summed E-state index contributed by atoms with van der Waals surface area (Å²) in [5, 5.41) is 13.3. The summed E-state index contributed by atoms with van der Waals surface area (Å²) in [5.74, 6) is -1.26. The van der Waals surface area contributed by atoms with Gasteiger partial charge in [0.1, 0.15) is 5.54 Å². The van der Waals surface area contributed by atoms with Crippen LogP contribution in [0.5, 0.6) is 0 Å². The van der Waals surface area contributed by atoms with E-state index in [-0.39, 0.29) is 5.91 Å². The molecule has 1 heterocycles. The first kappa shape index (κ1) is 16.3. The van der Waals surface area contributed by atoms with Crippen molar-refractivity contribution in [3.8, 4) is 0 Å². The van der Waals surface area contributed by atoms with E-state index in [4.69, 9.17) is 4.74 Å². The number of nitro benzene ring substituents is 1. The molecular weight excluding hydrogens is 293 g/mol. The average Bonchev–Trinajstić information content (AvgIpc) is 2.53. The van der Waals surface area contributed by atoms with Crippen LogP contribution in [0.4, 0.5) is 10.1 Å². The smallest absolute Gasteiger partial charge is 0.304 e. The van der Waals surface area contributed by atoms with Gasteiger partial charge in [-0.05, 0) is 24.6 Å². The molecule has 0 spiro atoms. The third kappa shape index (κ3) is 2.79. The molecule has 2 rings (SSSR count). The van der Waals surface area contributed by atoms with Crippen LogP contribution in [-0.2, 0) is 15.1 Å². The second kappa shape index (κ2) is 6.37. The van der Waals surface area contributed by atoms with E-state index in [1.54, 1.807) is 6.92 Å². The summed E-state index contributed by atoms with van der Waals surface area (Å²) in [7, 11) is 1.50. The van der Waals surface area contributed by atoms with Gasteiger partial charge in [-0.25, -0.2) is 0 Å². The lowest BCUT2D eigenvalue weighted by Crippen LogP contribution is -2.57. The van der Waals surface area contributed by atoms with Gasteiger partial charge in [-0.3, -0.25) is 19.8 Å². The molecule has 1 atom stereocenters. The number of carbonyl (C=O) groups is 1. The first-order chi connectivity index (χ1) is 10.4. The molecule has 0 bridgehead atoms. The summed E-state index contributed by atoms with van der Waals surface area (Å²) in [4.78, 5) is 24.2. The lowest BCUT2D eigenvalue weighted by atomic mass is 9.88. The fraction of sp³-hybridized carbons (Fsp3) is 0.500. The van der Waals surface area contributed by atoms with Crippen LogP contribution in [0.3, 0.4) is 0 Å². The molecule has 1 aliphatic rings. The molecule has 0 aromatic heterocycles. The maximum absolute atomic E-state index is 13.9. The maximum Gasteiger partial charge on any atom is 0.304 e. The Labute approximate surface area is 127 Å². The molecule has 22 heavy (non-hydrogen) atoms. The Morgan fingerprint density at radius 2 is 2.09 bits per heavy atom. The van der Waals surface area contributed by atoms with E-state index in [1.165, 1.54) is 13.1 Å². The van der Waals surface area contributed by atoms with Crippen molar-refractivity contribution in [2.45, 2.75) is 12.5 Å². The SMILES string of the molecule is CNC(=O)C(C)(c1ccc([N+](=O)[O-])c(F)c1)N1CCOCC1. The molecule has 1 aliphatic heterocycles. The van der Waals surface area contributed by atoms with Gasteiger partial charge in [0.05, 0.1) is 18.1 Å². The minimum absolute atomic E-state index is 0.303. The van der Waals surface area contributed by atoms with Crippen LogP contribution >= 0.6 is 0 Å². The number of halogens is 1. The zero-order valence-electron chi connectivity index (χ0n) is 12.5. The molecule has 0 radical (unpaired) electrons. The molecule has 1 aromatic carbocycles. The summed E-state index contributed by atoms with van der Waals surface area (Å²) >= 11 is 0. The van der Waals surface area contributed by atoms with Gasteiger partial charge < -0.3 is 10.1 Å². The Hall–Kier alpha value is -2.06. The third-order valence-corrected chi connectivity index (χ3v) is 4.02. The molecule has 1 aromatic rings. The number of morpholine rings is 1. The van der Waals surface area contributed by atoms with E-state index < -0.39 is 22.0 Å². The van der Waals surface area contributed by atoms with E-state index in [0.29, 0.717) is 31.9 Å². The minimum atomic E-state index is -1.12. The Balaban J connectivity index is 2.47. The van der Waals surface area contributed by atoms with Crippen LogP contribution in [-0.4, -0.2) is 49.1 Å². The molecule has 0 saturated carbocycles. The lowest BCUT2D eigenvalue weighted by molar-refractivity contribution is -0.387. The van der Waals surface area contributed by atoms with Crippen molar-refractivity contribution in [1.29, 1.82) is 0 Å². The summed E-state index contributed by atoms with van der Waals surface area (Å²) < 4.78 is 19.2. The van der Waals surface area contributed by atoms with Gasteiger partial charge in [0.2, 0.25) is 11.7 Å². The molecule has 1 amide bonds. The monoisotopic (exact) mass is 311 g/mol. The van der Waals surface area contributed by atoms with Crippen molar-refractivity contribution >= 4 is 11.6 Å². The first-order valence-corrected chi connectivity index (χ1v) is 6.90. The zero-order chi connectivity index (χ0) is 16.3. The summed E-state index contributed by atoms with van der Waals surface area (Å²) in [5.41, 5.74) is -1.35. The first-order valence-electron chi connectivity index (χ1n) is 6.90. The Bertz CT molecular complexity index is 589. The number of hydrogen-bond acceptors (Lipinski definition) is 5. The van der Waals surface area contributed by atoms with Crippen molar-refractivity contribution in [3.63, 3.8) is 0 Å². The van der Waals surface area contributed by atoms with Crippen LogP contribution in [0.25, 0.3) is 0 Å². The lowest BCUT2D eigenvalue weighted by Gasteiger charge is -2.42. The van der Waals surface area contributed by atoms with Crippen molar-refractivity contribution in [3.05, 3.63) is 39.7 Å². The number of nitro groups is 1. The second-order valence-electron chi connectivity index (χ2n) is 5.17. The molecule has 1 unspecified atom stereocenters. The number of nitrogens with zero attached hydrogens (tertiary/aromatic N) is 2. The fourth-order valence-electron chi connectivity index (χ4n) is 2.67. The molecule has 120 valence electrons. The fourth-order valence-corrected chi connectivity index (χ4v) is 2.67. The highest BCUT2D eigenvalue weighted by Gasteiger charge is 2.42. The van der Waals surface area contributed by atoms with E-state index >= 15 is 0 Å². The predicted octanol–water partition coefficient (Wildman–Crippen LogP) is 1.03. The van der Waals surface area contributed by atoms with E-state index in [0.717, 1.165) is 12.1 Å². The van der Waals surface area contributed by atoms with Crippen LogP contribution in [0.2, 0.25) is 0 Å². The second-order valence-corrected chi connectivity index (χ2v) is 5.17. The van der Waals surface area contributed by atoms with Gasteiger partial charge in [0.15, 0.2) is 0 Å². The van der Waals surface area contributed by atoms with Gasteiger partial charge in [0.25, 0.3) is 0 Å². The number of hydrogen-bond donors (Lipinski definition) is 1. The highest BCUT2D eigenvalue weighted by Crippen LogP contribution is 2.32. The van der Waals surface area contributed by atoms with Gasteiger partial charge in [-0.15, -0.1) is 0 Å². The summed E-state index contributed by atoms with van der Waals surface area (Å²) in [6, 6.07) is 3.57. The van der Waals surface area contributed by atoms with E-state index in [1.807, 2.05) is 4.90 Å². The minimum Gasteiger partial charge on any atom is -0.379 e. The number of benzene rings is 1. The standard InChI is InChI=1S/C14H18FN3O4/c1-14(13(19)16-2,17-5-7-22-8-6-17)10-3-4-12(18(20)21)11(15)9-10/h3-4,9H,5-8H2,1-2H3,(H,16,19). The van der Waals surface area contributed by atoms with Gasteiger partial charge in [-0.1, -0.05) is 0 Å². The molecule has 1 saturated heterocycles. The van der Waals surface area contributed by atoms with Crippen molar-refractivity contribution in [2.75, 3.05) is 33.4 Å². The summed E-state index contributed by atoms with van der Waals surface area (Å²) in [6.45, 7) is 3.66. The van der Waals surface area contributed by atoms with Crippen molar-refractivity contribution in [2.24, 2.45) is 0 Å². The number of amides is 1. The molecular formula is C14H18FN3O4. The number of rotatable bonds is 4. The van der Waals surface area contributed by atoms with Crippen LogP contribution < -0.4 is 5.32 Å². The maximum atomic E-state index is 13.9. The Kier molecular flexibility index (Phi) is 4.72. The Morgan fingerprint density at radius 1 is 1.45 bits per heavy atom. The largest absolute Gasteiger partial charge is 0.379 e. The topological polar surface area (TPSA) is 84.7 Å². The molecule has 1 fully saturated rings. The number of carbonyl (C=O) groups excluding carboxylic acids is 1. The van der Waals surface area contributed by atoms with Crippen molar-refractivity contribution < 1.29 is 18.8 Å². The van der Waals surface area contributed by atoms with E-state index in [9.17, 15) is 19.3 Å². The number of nitrogens with one attached hydrogen (secondary N) is 1. The van der Waals surface area contributed by atoms with Crippen LogP contribution in [0.1, 0.15) is 12.5 Å². The molecule has 1 N–H and O–H groups in total. The molecule has 8 heteroatoms. The zero-order valence-corrected chi connectivity index (χ0v) is 12.5. The Morgan fingerprint density at radius 3 is 2.59 bits per heavy atom. The van der Waals surface area contributed by atoms with Crippen molar-refractivity contribution in [1.82, 2.24) is 10.2 Å². The predicted molar refractivity (Wildman–Crippen MR) is 76.9 cm³/mol. The van der Waals surface area contributed by atoms with Gasteiger partial charge in [0, 0.05) is 26.2 Å². The molecule has 0 aliphatic carbocycles. The van der Waals surface area contributed by atoms with Crippen LogP contribution in [0.15, 0.2) is 18.2 Å². The highest BCUT2D eigenvalue weighted by molar-refractivity contribution is 5.87. The summed E-state index contributed by atoms with van der Waals surface area (Å²) in [6.07, 6.45) is 0. The highest BCUT2D eigenvalue weighted by atomic mass is 19.1. The third-order valence-electron chi connectivity index (χ3n) is 4.02. The molecule has 7 nitrogen and oxygen atoms in total. The van der Waals surface area contributed by atoms with Crippen LogP contribution in [0, 0.1) is 15.9 Å². The van der Waals surface area contributed by atoms with E-state index in [2.05, 4.69) is 5.32 Å². The normalized spacial score (nSPS) is 18.5.